The largest absolute Gasteiger partial charge is 0.367 e. The summed E-state index contributed by atoms with van der Waals surface area (Å²) < 4.78 is 0. The lowest BCUT2D eigenvalue weighted by Crippen LogP contribution is -2.40. The summed E-state index contributed by atoms with van der Waals surface area (Å²) in [4.78, 5) is 17.1. The molecular formula is C23H22N4O. The zero-order valence-electron chi connectivity index (χ0n) is 15.6. The van der Waals surface area contributed by atoms with Crippen LogP contribution in [0.4, 0.5) is 5.82 Å². The molecule has 0 bridgehead atoms. The molecule has 0 atom stereocenters. The van der Waals surface area contributed by atoms with E-state index in [1.165, 1.54) is 0 Å². The van der Waals surface area contributed by atoms with E-state index in [1.54, 1.807) is 24.3 Å². The molecule has 1 fully saturated rings. The fourth-order valence-electron chi connectivity index (χ4n) is 3.74. The van der Waals surface area contributed by atoms with Crippen molar-refractivity contribution in [2.45, 2.75) is 37.8 Å². The minimum Gasteiger partial charge on any atom is -0.367 e. The van der Waals surface area contributed by atoms with Gasteiger partial charge in [-0.15, -0.1) is 0 Å². The van der Waals surface area contributed by atoms with E-state index in [1.807, 2.05) is 24.3 Å². The summed E-state index contributed by atoms with van der Waals surface area (Å²) in [6, 6.07) is 21.6. The Balaban J connectivity index is 1.31. The molecule has 2 aromatic carbocycles. The van der Waals surface area contributed by atoms with E-state index in [-0.39, 0.29) is 11.9 Å². The number of benzene rings is 2. The van der Waals surface area contributed by atoms with Crippen LogP contribution in [0.1, 0.15) is 41.6 Å². The molecule has 1 saturated carbocycles. The standard InChI is InChI=1S/C23H22N4O/c24-15-16-4-3-6-18(14-16)23(28)26-20-11-9-19(10-12-20)25-22-13-8-17-5-1-2-7-21(17)27-22/h1-8,13-14,19-20H,9-12H2,(H,25,27)(H,26,28)/t19-,20+. The number of aromatic nitrogens is 1. The van der Waals surface area contributed by atoms with Gasteiger partial charge in [0.15, 0.2) is 0 Å². The highest BCUT2D eigenvalue weighted by Crippen LogP contribution is 2.23. The van der Waals surface area contributed by atoms with Crippen molar-refractivity contribution >= 4 is 22.6 Å². The number of rotatable bonds is 4. The van der Waals surface area contributed by atoms with E-state index in [9.17, 15) is 4.79 Å². The summed E-state index contributed by atoms with van der Waals surface area (Å²) in [5, 5.41) is 16.8. The van der Waals surface area contributed by atoms with Crippen LogP contribution in [0.15, 0.2) is 60.7 Å². The Morgan fingerprint density at radius 1 is 0.964 bits per heavy atom. The first-order valence-corrected chi connectivity index (χ1v) is 9.64. The summed E-state index contributed by atoms with van der Waals surface area (Å²) in [7, 11) is 0. The quantitative estimate of drug-likeness (QED) is 0.719. The van der Waals surface area contributed by atoms with E-state index in [0.717, 1.165) is 42.4 Å². The van der Waals surface area contributed by atoms with Crippen LogP contribution in [-0.2, 0) is 0 Å². The van der Waals surface area contributed by atoms with E-state index >= 15 is 0 Å². The molecular weight excluding hydrogens is 348 g/mol. The summed E-state index contributed by atoms with van der Waals surface area (Å²) in [5.74, 6) is 0.796. The molecule has 5 heteroatoms. The average molecular weight is 370 g/mol. The van der Waals surface area contributed by atoms with Gasteiger partial charge >= 0.3 is 0 Å². The highest BCUT2D eigenvalue weighted by molar-refractivity contribution is 5.94. The Morgan fingerprint density at radius 3 is 2.57 bits per heavy atom. The Hall–Kier alpha value is -3.39. The highest BCUT2D eigenvalue weighted by Gasteiger charge is 2.23. The van der Waals surface area contributed by atoms with Crippen molar-refractivity contribution in [3.8, 4) is 6.07 Å². The number of pyridine rings is 1. The van der Waals surface area contributed by atoms with E-state index in [0.29, 0.717) is 17.2 Å². The van der Waals surface area contributed by atoms with Crippen LogP contribution in [0.2, 0.25) is 0 Å². The Labute approximate surface area is 164 Å². The zero-order valence-corrected chi connectivity index (χ0v) is 15.6. The van der Waals surface area contributed by atoms with Crippen LogP contribution < -0.4 is 10.6 Å². The number of nitrogens with zero attached hydrogens (tertiary/aromatic N) is 2. The molecule has 140 valence electrons. The lowest BCUT2D eigenvalue weighted by atomic mass is 9.91. The van der Waals surface area contributed by atoms with Crippen molar-refractivity contribution in [2.75, 3.05) is 5.32 Å². The van der Waals surface area contributed by atoms with Gasteiger partial charge in [0, 0.05) is 23.0 Å². The van der Waals surface area contributed by atoms with Crippen LogP contribution in [-0.4, -0.2) is 23.0 Å². The topological polar surface area (TPSA) is 77.8 Å². The van der Waals surface area contributed by atoms with Gasteiger partial charge < -0.3 is 10.6 Å². The van der Waals surface area contributed by atoms with E-state index in [2.05, 4.69) is 33.8 Å². The minimum atomic E-state index is -0.107. The lowest BCUT2D eigenvalue weighted by Gasteiger charge is -2.30. The minimum absolute atomic E-state index is 0.107. The number of para-hydroxylation sites is 1. The average Bonchev–Trinajstić information content (AvgIpc) is 2.75. The Bertz CT molecular complexity index is 1030. The van der Waals surface area contributed by atoms with E-state index in [4.69, 9.17) is 5.26 Å². The summed E-state index contributed by atoms with van der Waals surface area (Å²) in [6.45, 7) is 0. The summed E-state index contributed by atoms with van der Waals surface area (Å²) in [6.07, 6.45) is 3.82. The summed E-state index contributed by atoms with van der Waals surface area (Å²) in [5.41, 5.74) is 2.04. The third-order valence-electron chi connectivity index (χ3n) is 5.27. The van der Waals surface area contributed by atoms with E-state index < -0.39 is 0 Å². The molecule has 28 heavy (non-hydrogen) atoms. The van der Waals surface area contributed by atoms with Crippen LogP contribution >= 0.6 is 0 Å². The molecule has 0 spiro atoms. The van der Waals surface area contributed by atoms with Gasteiger partial charge in [0.1, 0.15) is 5.82 Å². The molecule has 2 N–H and O–H groups in total. The number of fused-ring (bicyclic) bond motifs is 1. The molecule has 1 heterocycles. The van der Waals surface area contributed by atoms with Crippen molar-refractivity contribution < 1.29 is 4.79 Å². The van der Waals surface area contributed by atoms with Gasteiger partial charge in [-0.2, -0.15) is 5.26 Å². The predicted octanol–water partition coefficient (Wildman–Crippen LogP) is 4.26. The van der Waals surface area contributed by atoms with Gasteiger partial charge in [0.25, 0.3) is 5.91 Å². The Morgan fingerprint density at radius 2 is 1.75 bits per heavy atom. The first-order valence-electron chi connectivity index (χ1n) is 9.64. The van der Waals surface area contributed by atoms with Gasteiger partial charge in [-0.05, 0) is 62.1 Å². The van der Waals surface area contributed by atoms with Crippen LogP contribution in [0.3, 0.4) is 0 Å². The molecule has 1 amide bonds. The van der Waals surface area contributed by atoms with Crippen molar-refractivity contribution in [1.29, 1.82) is 5.26 Å². The maximum atomic E-state index is 12.4. The smallest absolute Gasteiger partial charge is 0.251 e. The fourth-order valence-corrected chi connectivity index (χ4v) is 3.74. The number of hydrogen-bond donors (Lipinski definition) is 2. The molecule has 5 nitrogen and oxygen atoms in total. The SMILES string of the molecule is N#Cc1cccc(C(=O)N[C@H]2CC[C@@H](Nc3ccc4ccccc4n3)CC2)c1. The second kappa shape index (κ2) is 8.10. The molecule has 1 aromatic heterocycles. The van der Waals surface area contributed by atoms with Crippen molar-refractivity contribution in [2.24, 2.45) is 0 Å². The van der Waals surface area contributed by atoms with Gasteiger partial charge in [-0.1, -0.05) is 24.3 Å². The molecule has 3 aromatic rings. The van der Waals surface area contributed by atoms with Crippen LogP contribution in [0.5, 0.6) is 0 Å². The second-order valence-electron chi connectivity index (χ2n) is 7.25. The fraction of sp³-hybridized carbons (Fsp3) is 0.261. The normalized spacial score (nSPS) is 19.0. The van der Waals surface area contributed by atoms with Crippen LogP contribution in [0.25, 0.3) is 10.9 Å². The number of nitrogens with one attached hydrogen (secondary N) is 2. The molecule has 0 radical (unpaired) electrons. The van der Waals surface area contributed by atoms with Crippen molar-refractivity contribution in [3.63, 3.8) is 0 Å². The molecule has 0 saturated heterocycles. The maximum Gasteiger partial charge on any atom is 0.251 e. The number of nitriles is 1. The third kappa shape index (κ3) is 4.12. The van der Waals surface area contributed by atoms with Gasteiger partial charge in [0.2, 0.25) is 0 Å². The monoisotopic (exact) mass is 370 g/mol. The Kier molecular flexibility index (Phi) is 5.20. The van der Waals surface area contributed by atoms with Crippen molar-refractivity contribution in [1.82, 2.24) is 10.3 Å². The molecule has 1 aliphatic rings. The number of carbonyl (C=O) groups excluding carboxylic acids is 1. The van der Waals surface area contributed by atoms with Gasteiger partial charge in [0.05, 0.1) is 17.1 Å². The van der Waals surface area contributed by atoms with Crippen LogP contribution in [0, 0.1) is 11.3 Å². The lowest BCUT2D eigenvalue weighted by molar-refractivity contribution is 0.0926. The van der Waals surface area contributed by atoms with Gasteiger partial charge in [-0.3, -0.25) is 4.79 Å². The predicted molar refractivity (Wildman–Crippen MR) is 110 cm³/mol. The van der Waals surface area contributed by atoms with Crippen molar-refractivity contribution in [3.05, 3.63) is 71.8 Å². The molecule has 1 aliphatic carbocycles. The second-order valence-corrected chi connectivity index (χ2v) is 7.25. The summed E-state index contributed by atoms with van der Waals surface area (Å²) >= 11 is 0. The third-order valence-corrected chi connectivity index (χ3v) is 5.27. The molecule has 0 unspecified atom stereocenters. The highest BCUT2D eigenvalue weighted by atomic mass is 16.1. The number of carbonyl (C=O) groups is 1. The number of amides is 1. The van der Waals surface area contributed by atoms with Gasteiger partial charge in [-0.25, -0.2) is 4.98 Å². The molecule has 0 aliphatic heterocycles. The first kappa shape index (κ1) is 18.0. The molecule has 4 rings (SSSR count). The number of hydrogen-bond acceptors (Lipinski definition) is 4. The maximum absolute atomic E-state index is 12.4. The first-order chi connectivity index (χ1) is 13.7. The number of anilines is 1. The zero-order chi connectivity index (χ0) is 19.3.